The van der Waals surface area contributed by atoms with Crippen molar-refractivity contribution in [1.82, 2.24) is 5.32 Å². The standard InChI is InChI=1S/C11H13N3/c1-2-4-10-9(3-1)5-8-14(10)11-12-6-7-13-11/h1-4H,5-8H2,(H,12,13). The van der Waals surface area contributed by atoms with Crippen LogP contribution in [0.4, 0.5) is 5.69 Å². The lowest BCUT2D eigenvalue weighted by Gasteiger charge is -2.18. The van der Waals surface area contributed by atoms with E-state index >= 15 is 0 Å². The van der Waals surface area contributed by atoms with Crippen molar-refractivity contribution in [3.8, 4) is 0 Å². The van der Waals surface area contributed by atoms with Crippen molar-refractivity contribution < 1.29 is 0 Å². The highest BCUT2D eigenvalue weighted by Crippen LogP contribution is 2.27. The fraction of sp³-hybridized carbons (Fsp3) is 0.364. The van der Waals surface area contributed by atoms with E-state index in [9.17, 15) is 0 Å². The van der Waals surface area contributed by atoms with Gasteiger partial charge in [-0.25, -0.2) is 0 Å². The van der Waals surface area contributed by atoms with Gasteiger partial charge in [0.15, 0.2) is 5.96 Å². The summed E-state index contributed by atoms with van der Waals surface area (Å²) in [7, 11) is 0. The fourth-order valence-electron chi connectivity index (χ4n) is 2.12. The molecule has 2 heterocycles. The highest BCUT2D eigenvalue weighted by atomic mass is 15.3. The third-order valence-corrected chi connectivity index (χ3v) is 2.80. The van der Waals surface area contributed by atoms with Crippen LogP contribution >= 0.6 is 0 Å². The highest BCUT2D eigenvalue weighted by Gasteiger charge is 2.23. The lowest BCUT2D eigenvalue weighted by Crippen LogP contribution is -2.37. The number of nitrogens with one attached hydrogen (secondary N) is 1. The molecule has 1 aromatic rings. The van der Waals surface area contributed by atoms with Crippen molar-refractivity contribution >= 4 is 11.6 Å². The summed E-state index contributed by atoms with van der Waals surface area (Å²) in [6.07, 6.45) is 1.14. The van der Waals surface area contributed by atoms with Gasteiger partial charge in [-0.05, 0) is 18.1 Å². The number of rotatable bonds is 0. The lowest BCUT2D eigenvalue weighted by atomic mass is 10.2. The zero-order valence-electron chi connectivity index (χ0n) is 8.03. The normalized spacial score (nSPS) is 19.1. The number of hydrogen-bond acceptors (Lipinski definition) is 3. The Kier molecular flexibility index (Phi) is 1.69. The molecular weight excluding hydrogens is 174 g/mol. The summed E-state index contributed by atoms with van der Waals surface area (Å²) in [6, 6.07) is 8.56. The average Bonchev–Trinajstić information content (AvgIpc) is 2.85. The Morgan fingerprint density at radius 1 is 1.29 bits per heavy atom. The second-order valence-electron chi connectivity index (χ2n) is 3.66. The molecule has 0 atom stereocenters. The van der Waals surface area contributed by atoms with Gasteiger partial charge < -0.3 is 10.2 Å². The molecule has 1 aromatic carbocycles. The molecule has 3 nitrogen and oxygen atoms in total. The third-order valence-electron chi connectivity index (χ3n) is 2.80. The van der Waals surface area contributed by atoms with E-state index in [1.807, 2.05) is 0 Å². The number of para-hydroxylation sites is 1. The molecule has 0 radical (unpaired) electrons. The van der Waals surface area contributed by atoms with Gasteiger partial charge in [0.05, 0.1) is 6.54 Å². The Labute approximate surface area is 83.4 Å². The zero-order chi connectivity index (χ0) is 9.38. The van der Waals surface area contributed by atoms with Crippen LogP contribution in [0.1, 0.15) is 5.56 Å². The average molecular weight is 187 g/mol. The van der Waals surface area contributed by atoms with E-state index in [4.69, 9.17) is 0 Å². The van der Waals surface area contributed by atoms with Gasteiger partial charge in [-0.1, -0.05) is 18.2 Å². The van der Waals surface area contributed by atoms with Gasteiger partial charge >= 0.3 is 0 Å². The van der Waals surface area contributed by atoms with Crippen LogP contribution in [-0.2, 0) is 6.42 Å². The van der Waals surface area contributed by atoms with Crippen molar-refractivity contribution in [1.29, 1.82) is 0 Å². The van der Waals surface area contributed by atoms with Gasteiger partial charge in [0.25, 0.3) is 0 Å². The van der Waals surface area contributed by atoms with Crippen LogP contribution in [0.2, 0.25) is 0 Å². The Hall–Kier alpha value is -1.51. The van der Waals surface area contributed by atoms with Gasteiger partial charge in [-0.2, -0.15) is 0 Å². The Morgan fingerprint density at radius 2 is 2.21 bits per heavy atom. The van der Waals surface area contributed by atoms with E-state index in [0.29, 0.717) is 0 Å². The molecule has 3 rings (SSSR count). The largest absolute Gasteiger partial charge is 0.354 e. The second kappa shape index (κ2) is 3.01. The van der Waals surface area contributed by atoms with Crippen molar-refractivity contribution in [2.24, 2.45) is 4.99 Å². The number of anilines is 1. The number of guanidine groups is 1. The maximum absolute atomic E-state index is 4.45. The first kappa shape index (κ1) is 7.85. The van der Waals surface area contributed by atoms with E-state index in [-0.39, 0.29) is 0 Å². The zero-order valence-corrected chi connectivity index (χ0v) is 8.03. The topological polar surface area (TPSA) is 27.6 Å². The molecule has 0 spiro atoms. The Balaban J connectivity index is 1.97. The minimum absolute atomic E-state index is 0.911. The van der Waals surface area contributed by atoms with Crippen molar-refractivity contribution in [3.63, 3.8) is 0 Å². The first-order chi connectivity index (χ1) is 6.95. The van der Waals surface area contributed by atoms with Crippen LogP contribution in [0.3, 0.4) is 0 Å². The molecule has 0 saturated heterocycles. The molecular formula is C11H13N3. The molecule has 0 unspecified atom stereocenters. The number of benzene rings is 1. The van der Waals surface area contributed by atoms with Crippen molar-refractivity contribution in [2.45, 2.75) is 6.42 Å². The minimum atomic E-state index is 0.911. The third kappa shape index (κ3) is 1.09. The Bertz CT molecular complexity index is 384. The van der Waals surface area contributed by atoms with E-state index in [1.54, 1.807) is 0 Å². The summed E-state index contributed by atoms with van der Waals surface area (Å²) in [6.45, 7) is 2.95. The smallest absolute Gasteiger partial charge is 0.198 e. The summed E-state index contributed by atoms with van der Waals surface area (Å²) < 4.78 is 0. The molecule has 14 heavy (non-hydrogen) atoms. The molecule has 0 amide bonds. The summed E-state index contributed by atoms with van der Waals surface area (Å²) in [4.78, 5) is 6.73. The van der Waals surface area contributed by atoms with E-state index in [1.165, 1.54) is 11.3 Å². The minimum Gasteiger partial charge on any atom is -0.354 e. The SMILES string of the molecule is c1ccc2c(c1)CCN2C1=NCCN1. The lowest BCUT2D eigenvalue weighted by molar-refractivity contribution is 0.935. The number of fused-ring (bicyclic) bond motifs is 1. The monoisotopic (exact) mass is 187 g/mol. The fourth-order valence-corrected chi connectivity index (χ4v) is 2.12. The molecule has 0 saturated carbocycles. The molecule has 1 N–H and O–H groups in total. The summed E-state index contributed by atoms with van der Waals surface area (Å²) in [5.74, 6) is 1.05. The first-order valence-electron chi connectivity index (χ1n) is 5.09. The first-order valence-corrected chi connectivity index (χ1v) is 5.09. The maximum Gasteiger partial charge on any atom is 0.198 e. The van der Waals surface area contributed by atoms with Crippen LogP contribution in [0.25, 0.3) is 0 Å². The van der Waals surface area contributed by atoms with Gasteiger partial charge in [0.2, 0.25) is 0 Å². The van der Waals surface area contributed by atoms with Gasteiger partial charge in [0.1, 0.15) is 0 Å². The van der Waals surface area contributed by atoms with Crippen LogP contribution in [0.5, 0.6) is 0 Å². The molecule has 72 valence electrons. The molecule has 0 bridgehead atoms. The van der Waals surface area contributed by atoms with Crippen molar-refractivity contribution in [3.05, 3.63) is 29.8 Å². The summed E-state index contributed by atoms with van der Waals surface area (Å²) >= 11 is 0. The number of aliphatic imine (C=N–C) groups is 1. The maximum atomic E-state index is 4.45. The predicted octanol–water partition coefficient (Wildman–Crippen LogP) is 1.01. The van der Waals surface area contributed by atoms with Gasteiger partial charge in [-0.15, -0.1) is 0 Å². The molecule has 0 aromatic heterocycles. The van der Waals surface area contributed by atoms with E-state index < -0.39 is 0 Å². The molecule has 0 aliphatic carbocycles. The molecule has 0 fully saturated rings. The molecule has 2 aliphatic rings. The van der Waals surface area contributed by atoms with Crippen molar-refractivity contribution in [2.75, 3.05) is 24.5 Å². The van der Waals surface area contributed by atoms with Gasteiger partial charge in [0, 0.05) is 18.8 Å². The van der Waals surface area contributed by atoms with Crippen LogP contribution in [0, 0.1) is 0 Å². The quantitative estimate of drug-likeness (QED) is 0.656. The van der Waals surface area contributed by atoms with E-state index in [0.717, 1.165) is 32.0 Å². The van der Waals surface area contributed by atoms with E-state index in [2.05, 4.69) is 39.5 Å². The number of nitrogens with zero attached hydrogens (tertiary/aromatic N) is 2. The Morgan fingerprint density at radius 3 is 3.07 bits per heavy atom. The number of hydrogen-bond donors (Lipinski definition) is 1. The van der Waals surface area contributed by atoms with Crippen LogP contribution < -0.4 is 10.2 Å². The molecule has 2 aliphatic heterocycles. The predicted molar refractivity (Wildman–Crippen MR) is 57.8 cm³/mol. The summed E-state index contributed by atoms with van der Waals surface area (Å²) in [5.41, 5.74) is 2.75. The van der Waals surface area contributed by atoms with Crippen LogP contribution in [-0.4, -0.2) is 25.6 Å². The van der Waals surface area contributed by atoms with Gasteiger partial charge in [-0.3, -0.25) is 4.99 Å². The molecule has 3 heteroatoms. The highest BCUT2D eigenvalue weighted by molar-refractivity contribution is 5.98. The van der Waals surface area contributed by atoms with Crippen LogP contribution in [0.15, 0.2) is 29.3 Å². The second-order valence-corrected chi connectivity index (χ2v) is 3.66. The summed E-state index contributed by atoms with van der Waals surface area (Å²) in [5, 5.41) is 3.32.